The largest absolute Gasteiger partial charge is 0.325 e. The van der Waals surface area contributed by atoms with Crippen LogP contribution in [-0.2, 0) is 13.0 Å². The van der Waals surface area contributed by atoms with E-state index in [4.69, 9.17) is 10.1 Å². The highest BCUT2D eigenvalue weighted by atomic mass is 16.2. The summed E-state index contributed by atoms with van der Waals surface area (Å²) in [6, 6.07) is 9.83. The summed E-state index contributed by atoms with van der Waals surface area (Å²) in [5, 5.41) is 12.0. The summed E-state index contributed by atoms with van der Waals surface area (Å²) in [7, 11) is 0. The minimum absolute atomic E-state index is 0.0392. The molecule has 0 aliphatic carbocycles. The van der Waals surface area contributed by atoms with Crippen LogP contribution < -0.4 is 0 Å². The highest BCUT2D eigenvalue weighted by Crippen LogP contribution is 2.33. The van der Waals surface area contributed by atoms with Gasteiger partial charge in [0.1, 0.15) is 0 Å². The van der Waals surface area contributed by atoms with E-state index in [0.717, 1.165) is 29.1 Å². The summed E-state index contributed by atoms with van der Waals surface area (Å²) in [5.41, 5.74) is 3.45. The highest BCUT2D eigenvalue weighted by Gasteiger charge is 2.37. The van der Waals surface area contributed by atoms with Gasteiger partial charge in [-0.05, 0) is 19.3 Å². The first-order valence-corrected chi connectivity index (χ1v) is 9.86. The van der Waals surface area contributed by atoms with Gasteiger partial charge < -0.3 is 4.90 Å². The van der Waals surface area contributed by atoms with Crippen molar-refractivity contribution in [2.24, 2.45) is 5.92 Å². The quantitative estimate of drug-likeness (QED) is 0.755. The van der Waals surface area contributed by atoms with Crippen LogP contribution in [0.5, 0.6) is 0 Å². The van der Waals surface area contributed by atoms with Crippen LogP contribution in [0.4, 0.5) is 0 Å². The Kier molecular flexibility index (Phi) is 4.75. The van der Waals surface area contributed by atoms with Crippen LogP contribution in [0.25, 0.3) is 11.4 Å². The first kappa shape index (κ1) is 18.4. The molecule has 7 heteroatoms. The SMILES string of the molecule is CCc1[nH]nc(C(=O)N2CCn3nc(-c4ccccc4)nc3[C@@H]2C(C)C)c1C. The normalized spacial score (nSPS) is 16.5. The van der Waals surface area contributed by atoms with Crippen LogP contribution in [0.15, 0.2) is 30.3 Å². The van der Waals surface area contributed by atoms with E-state index in [1.807, 2.05) is 46.8 Å². The number of fused-ring (bicyclic) bond motifs is 1. The molecular weight excluding hydrogens is 352 g/mol. The number of aryl methyl sites for hydroxylation is 1. The maximum absolute atomic E-state index is 13.3. The van der Waals surface area contributed by atoms with Crippen molar-refractivity contribution in [3.63, 3.8) is 0 Å². The maximum atomic E-state index is 13.3. The van der Waals surface area contributed by atoms with Crippen molar-refractivity contribution in [3.05, 3.63) is 53.1 Å². The van der Waals surface area contributed by atoms with Gasteiger partial charge in [-0.2, -0.15) is 10.2 Å². The lowest BCUT2D eigenvalue weighted by Crippen LogP contribution is -2.45. The first-order valence-electron chi connectivity index (χ1n) is 9.86. The van der Waals surface area contributed by atoms with Crippen molar-refractivity contribution < 1.29 is 4.79 Å². The second kappa shape index (κ2) is 7.22. The molecule has 3 heterocycles. The molecule has 28 heavy (non-hydrogen) atoms. The van der Waals surface area contributed by atoms with Crippen molar-refractivity contribution in [1.29, 1.82) is 0 Å². The van der Waals surface area contributed by atoms with Gasteiger partial charge in [0, 0.05) is 23.4 Å². The first-order chi connectivity index (χ1) is 13.5. The van der Waals surface area contributed by atoms with Gasteiger partial charge in [-0.1, -0.05) is 51.1 Å². The Morgan fingerprint density at radius 1 is 1.25 bits per heavy atom. The van der Waals surface area contributed by atoms with Crippen LogP contribution in [-0.4, -0.2) is 42.3 Å². The lowest BCUT2D eigenvalue weighted by atomic mass is 9.99. The number of benzene rings is 1. The molecule has 1 N–H and O–H groups in total. The smallest absolute Gasteiger partial charge is 0.275 e. The van der Waals surface area contributed by atoms with Gasteiger partial charge in [0.15, 0.2) is 17.3 Å². The van der Waals surface area contributed by atoms with Crippen LogP contribution in [0.3, 0.4) is 0 Å². The topological polar surface area (TPSA) is 79.7 Å². The molecule has 0 spiro atoms. The average molecular weight is 378 g/mol. The Bertz CT molecular complexity index is 988. The number of hydrogen-bond acceptors (Lipinski definition) is 4. The van der Waals surface area contributed by atoms with Crippen molar-refractivity contribution in [2.75, 3.05) is 6.54 Å². The third-order valence-electron chi connectivity index (χ3n) is 5.44. The number of amides is 1. The van der Waals surface area contributed by atoms with E-state index in [0.29, 0.717) is 24.6 Å². The van der Waals surface area contributed by atoms with E-state index in [9.17, 15) is 4.79 Å². The standard InChI is InChI=1S/C21H26N6O/c1-5-16-14(4)17(24-23-16)21(28)26-11-12-27-20(18(26)13(2)3)22-19(25-27)15-9-7-6-8-10-15/h6-10,13,18H,5,11-12H2,1-4H3,(H,23,24)/t18-/m0/s1. The molecule has 7 nitrogen and oxygen atoms in total. The molecule has 0 saturated carbocycles. The predicted octanol–water partition coefficient (Wildman–Crippen LogP) is 3.39. The molecule has 0 bridgehead atoms. The fraction of sp³-hybridized carbons (Fsp3) is 0.429. The van der Waals surface area contributed by atoms with Gasteiger partial charge >= 0.3 is 0 Å². The Labute approximate surface area is 164 Å². The van der Waals surface area contributed by atoms with Gasteiger partial charge in [-0.3, -0.25) is 9.89 Å². The van der Waals surface area contributed by atoms with E-state index in [2.05, 4.69) is 31.0 Å². The van der Waals surface area contributed by atoms with E-state index in [-0.39, 0.29) is 17.9 Å². The molecule has 1 amide bonds. The molecule has 0 unspecified atom stereocenters. The monoisotopic (exact) mass is 378 g/mol. The van der Waals surface area contributed by atoms with Gasteiger partial charge in [0.2, 0.25) is 0 Å². The van der Waals surface area contributed by atoms with Gasteiger partial charge in [0.25, 0.3) is 5.91 Å². The minimum atomic E-state index is -0.132. The number of carbonyl (C=O) groups is 1. The molecule has 1 atom stereocenters. The van der Waals surface area contributed by atoms with Crippen molar-refractivity contribution in [1.82, 2.24) is 29.9 Å². The molecule has 4 rings (SSSR count). The molecule has 3 aromatic rings. The summed E-state index contributed by atoms with van der Waals surface area (Å²) in [6.45, 7) is 9.48. The molecule has 0 fully saturated rings. The third-order valence-corrected chi connectivity index (χ3v) is 5.44. The fourth-order valence-corrected chi connectivity index (χ4v) is 3.94. The number of nitrogens with zero attached hydrogens (tertiary/aromatic N) is 5. The Balaban J connectivity index is 1.71. The van der Waals surface area contributed by atoms with Crippen molar-refractivity contribution >= 4 is 5.91 Å². The maximum Gasteiger partial charge on any atom is 0.275 e. The fourth-order valence-electron chi connectivity index (χ4n) is 3.94. The predicted molar refractivity (Wildman–Crippen MR) is 107 cm³/mol. The molecule has 1 aromatic carbocycles. The molecule has 1 aliphatic rings. The third kappa shape index (κ3) is 3.00. The Morgan fingerprint density at radius 2 is 2.00 bits per heavy atom. The summed E-state index contributed by atoms with van der Waals surface area (Å²) in [4.78, 5) is 20.1. The van der Waals surface area contributed by atoms with Crippen LogP contribution in [0.1, 0.15) is 54.4 Å². The zero-order chi connectivity index (χ0) is 19.8. The van der Waals surface area contributed by atoms with E-state index >= 15 is 0 Å². The molecule has 1 aliphatic heterocycles. The molecule has 0 radical (unpaired) electrons. The lowest BCUT2D eigenvalue weighted by molar-refractivity contribution is 0.0530. The molecule has 146 valence electrons. The number of hydrogen-bond donors (Lipinski definition) is 1. The van der Waals surface area contributed by atoms with E-state index < -0.39 is 0 Å². The number of aromatic nitrogens is 5. The zero-order valence-corrected chi connectivity index (χ0v) is 16.8. The van der Waals surface area contributed by atoms with Crippen LogP contribution in [0.2, 0.25) is 0 Å². The number of carbonyl (C=O) groups excluding carboxylic acids is 1. The Hall–Kier alpha value is -2.96. The number of aromatic amines is 1. The second-order valence-corrected chi connectivity index (χ2v) is 7.60. The van der Waals surface area contributed by atoms with E-state index in [1.165, 1.54) is 0 Å². The van der Waals surface area contributed by atoms with Gasteiger partial charge in [0.05, 0.1) is 12.6 Å². The van der Waals surface area contributed by atoms with E-state index in [1.54, 1.807) is 0 Å². The van der Waals surface area contributed by atoms with Crippen LogP contribution in [0, 0.1) is 12.8 Å². The summed E-state index contributed by atoms with van der Waals surface area (Å²) < 4.78 is 1.95. The number of rotatable bonds is 4. The summed E-state index contributed by atoms with van der Waals surface area (Å²) >= 11 is 0. The molecule has 2 aromatic heterocycles. The van der Waals surface area contributed by atoms with Crippen molar-refractivity contribution in [3.8, 4) is 11.4 Å². The van der Waals surface area contributed by atoms with Gasteiger partial charge in [-0.15, -0.1) is 0 Å². The number of nitrogens with one attached hydrogen (secondary N) is 1. The van der Waals surface area contributed by atoms with Gasteiger partial charge in [-0.25, -0.2) is 9.67 Å². The number of H-pyrrole nitrogens is 1. The second-order valence-electron chi connectivity index (χ2n) is 7.60. The zero-order valence-electron chi connectivity index (χ0n) is 16.8. The molecule has 0 saturated heterocycles. The van der Waals surface area contributed by atoms with Crippen LogP contribution >= 0.6 is 0 Å². The summed E-state index contributed by atoms with van der Waals surface area (Å²) in [6.07, 6.45) is 0.828. The highest BCUT2D eigenvalue weighted by molar-refractivity contribution is 5.94. The Morgan fingerprint density at radius 3 is 2.64 bits per heavy atom. The summed E-state index contributed by atoms with van der Waals surface area (Å²) in [5.74, 6) is 1.72. The minimum Gasteiger partial charge on any atom is -0.325 e. The molecular formula is C21H26N6O. The average Bonchev–Trinajstić information content (AvgIpc) is 3.30. The lowest BCUT2D eigenvalue weighted by Gasteiger charge is -2.37. The van der Waals surface area contributed by atoms with Crippen molar-refractivity contribution in [2.45, 2.75) is 46.7 Å².